The molecule has 3 N–H and O–H groups in total. The zero-order valence-corrected chi connectivity index (χ0v) is 18.3. The smallest absolute Gasteiger partial charge is 0.261 e. The number of carbonyl (C=O) groups excluding carboxylic acids is 1. The van der Waals surface area contributed by atoms with E-state index in [1.54, 1.807) is 6.07 Å². The molecule has 0 aliphatic rings. The highest BCUT2D eigenvalue weighted by Crippen LogP contribution is 2.37. The number of amides is 1. The molecule has 0 heterocycles. The molecule has 9 heteroatoms. The van der Waals surface area contributed by atoms with E-state index in [2.05, 4.69) is 26.6 Å². The quantitative estimate of drug-likeness (QED) is 0.316. The highest BCUT2D eigenvalue weighted by Gasteiger charge is 2.19. The fourth-order valence-electron chi connectivity index (χ4n) is 2.64. The number of aromatic hydroxyl groups is 1. The van der Waals surface area contributed by atoms with E-state index in [9.17, 15) is 9.90 Å². The largest absolute Gasteiger partial charge is 0.504 e. The number of fused-ring (bicyclic) bond motifs is 1. The summed E-state index contributed by atoms with van der Waals surface area (Å²) < 4.78 is 6.07. The maximum atomic E-state index is 12.8. The van der Waals surface area contributed by atoms with Crippen LogP contribution in [0.2, 0.25) is 10.0 Å². The van der Waals surface area contributed by atoms with E-state index in [-0.39, 0.29) is 21.6 Å². The van der Waals surface area contributed by atoms with Gasteiger partial charge < -0.3 is 15.2 Å². The molecule has 3 aromatic carbocycles. The molecule has 0 aliphatic heterocycles. The Morgan fingerprint density at radius 1 is 1.21 bits per heavy atom. The Hall–Kier alpha value is -2.06. The Kier molecular flexibility index (Phi) is 6.30. The topological polar surface area (TPSA) is 70.6 Å². The first kappa shape index (κ1) is 20.7. The second kappa shape index (κ2) is 8.53. The lowest BCUT2D eigenvalue weighted by Crippen LogP contribution is -2.34. The summed E-state index contributed by atoms with van der Waals surface area (Å²) >= 11 is 20.5. The predicted octanol–water partition coefficient (Wildman–Crippen LogP) is 5.75. The molecular formula is C19H13BrCl2N2O3S. The zero-order chi connectivity index (χ0) is 20.4. The number of phenolic OH excluding ortho intramolecular Hbond substituents is 1. The van der Waals surface area contributed by atoms with Gasteiger partial charge in [-0.05, 0) is 57.1 Å². The average Bonchev–Trinajstić information content (AvgIpc) is 2.65. The molecule has 0 aliphatic carbocycles. The van der Waals surface area contributed by atoms with Gasteiger partial charge in [0, 0.05) is 5.02 Å². The number of phenols is 1. The van der Waals surface area contributed by atoms with E-state index >= 15 is 0 Å². The lowest BCUT2D eigenvalue weighted by molar-refractivity contribution is 0.0975. The molecule has 3 rings (SSSR count). The molecule has 0 atom stereocenters. The molecule has 1 amide bonds. The van der Waals surface area contributed by atoms with Gasteiger partial charge in [0.05, 0.1) is 27.9 Å². The summed E-state index contributed by atoms with van der Waals surface area (Å²) in [7, 11) is 1.48. The van der Waals surface area contributed by atoms with Gasteiger partial charge in [0.2, 0.25) is 0 Å². The molecule has 28 heavy (non-hydrogen) atoms. The monoisotopic (exact) mass is 498 g/mol. The molecule has 144 valence electrons. The molecule has 0 saturated carbocycles. The van der Waals surface area contributed by atoms with Crippen molar-refractivity contribution in [3.63, 3.8) is 0 Å². The minimum absolute atomic E-state index is 0.0371. The molecule has 0 fully saturated rings. The van der Waals surface area contributed by atoms with Gasteiger partial charge in [-0.3, -0.25) is 10.1 Å². The minimum atomic E-state index is -0.478. The van der Waals surface area contributed by atoms with Crippen molar-refractivity contribution in [2.24, 2.45) is 0 Å². The van der Waals surface area contributed by atoms with Crippen molar-refractivity contribution in [1.29, 1.82) is 0 Å². The van der Waals surface area contributed by atoms with Crippen LogP contribution in [0, 0.1) is 0 Å². The maximum Gasteiger partial charge on any atom is 0.261 e. The Labute approximate surface area is 184 Å². The third-order valence-electron chi connectivity index (χ3n) is 3.89. The van der Waals surface area contributed by atoms with Crippen molar-refractivity contribution in [3.8, 4) is 11.5 Å². The maximum absolute atomic E-state index is 12.8. The van der Waals surface area contributed by atoms with Crippen molar-refractivity contribution in [2.45, 2.75) is 0 Å². The van der Waals surface area contributed by atoms with E-state index in [0.717, 1.165) is 10.8 Å². The lowest BCUT2D eigenvalue weighted by atomic mass is 10.1. The van der Waals surface area contributed by atoms with Crippen LogP contribution in [-0.2, 0) is 0 Å². The van der Waals surface area contributed by atoms with E-state index in [1.165, 1.54) is 19.2 Å². The van der Waals surface area contributed by atoms with Crippen molar-refractivity contribution in [2.75, 3.05) is 12.4 Å². The Bertz CT molecular complexity index is 1110. The fraction of sp³-hybridized carbons (Fsp3) is 0.0526. The summed E-state index contributed by atoms with van der Waals surface area (Å²) in [5.74, 6) is -0.324. The van der Waals surface area contributed by atoms with Gasteiger partial charge in [0.25, 0.3) is 5.91 Å². The molecule has 0 aromatic heterocycles. The number of anilines is 1. The third-order valence-corrected chi connectivity index (χ3v) is 5.39. The molecule has 0 spiro atoms. The van der Waals surface area contributed by atoms with Crippen LogP contribution in [0.4, 0.5) is 5.69 Å². The fourth-order valence-corrected chi connectivity index (χ4v) is 4.07. The summed E-state index contributed by atoms with van der Waals surface area (Å²) in [6.07, 6.45) is 0. The van der Waals surface area contributed by atoms with E-state index in [1.807, 2.05) is 24.3 Å². The molecular weight excluding hydrogens is 487 g/mol. The van der Waals surface area contributed by atoms with Crippen LogP contribution in [0.15, 0.2) is 46.9 Å². The summed E-state index contributed by atoms with van der Waals surface area (Å²) in [6, 6.07) is 12.1. The summed E-state index contributed by atoms with van der Waals surface area (Å²) in [5.41, 5.74) is 0.472. The van der Waals surface area contributed by atoms with Gasteiger partial charge in [0.15, 0.2) is 10.9 Å². The molecule has 0 bridgehead atoms. The second-order valence-corrected chi connectivity index (χ2v) is 7.73. The van der Waals surface area contributed by atoms with Crippen LogP contribution >= 0.6 is 51.3 Å². The Morgan fingerprint density at radius 2 is 1.93 bits per heavy atom. The number of hydrogen-bond acceptors (Lipinski definition) is 4. The summed E-state index contributed by atoms with van der Waals surface area (Å²) in [5, 5.41) is 17.4. The number of halogens is 3. The van der Waals surface area contributed by atoms with Crippen molar-refractivity contribution in [1.82, 2.24) is 5.32 Å². The first-order valence-corrected chi connectivity index (χ1v) is 9.83. The first-order valence-electron chi connectivity index (χ1n) is 7.87. The highest BCUT2D eigenvalue weighted by atomic mass is 79.9. The standard InChI is InChI=1S/C19H13BrCl2N2O3S/c1-27-17-12(6-9-4-2-3-5-11(9)15(17)20)18(26)24-19(28)23-14-8-10(21)7-13(22)16(14)25/h2-8,25H,1H3,(H2,23,24,26,28). The number of carbonyl (C=O) groups is 1. The van der Waals surface area contributed by atoms with Crippen LogP contribution < -0.4 is 15.4 Å². The second-order valence-electron chi connectivity index (χ2n) is 5.68. The Morgan fingerprint density at radius 3 is 2.64 bits per heavy atom. The SMILES string of the molecule is COc1c(C(=O)NC(=S)Nc2cc(Cl)cc(Cl)c2O)cc2ccccc2c1Br. The summed E-state index contributed by atoms with van der Waals surface area (Å²) in [6.45, 7) is 0. The van der Waals surface area contributed by atoms with Gasteiger partial charge >= 0.3 is 0 Å². The van der Waals surface area contributed by atoms with Crippen LogP contribution in [0.3, 0.4) is 0 Å². The molecule has 5 nitrogen and oxygen atoms in total. The van der Waals surface area contributed by atoms with Crippen LogP contribution in [-0.4, -0.2) is 23.2 Å². The van der Waals surface area contributed by atoms with Crippen molar-refractivity contribution >= 4 is 78.8 Å². The normalized spacial score (nSPS) is 10.6. The minimum Gasteiger partial charge on any atom is -0.504 e. The lowest BCUT2D eigenvalue weighted by Gasteiger charge is -2.15. The third kappa shape index (κ3) is 4.17. The van der Waals surface area contributed by atoms with Crippen LogP contribution in [0.25, 0.3) is 10.8 Å². The van der Waals surface area contributed by atoms with Gasteiger partial charge in [0.1, 0.15) is 5.75 Å². The van der Waals surface area contributed by atoms with E-state index < -0.39 is 5.91 Å². The van der Waals surface area contributed by atoms with Gasteiger partial charge in [-0.15, -0.1) is 0 Å². The average molecular weight is 500 g/mol. The number of thiocarbonyl (C=S) groups is 1. The van der Waals surface area contributed by atoms with Gasteiger partial charge in [-0.25, -0.2) is 0 Å². The van der Waals surface area contributed by atoms with Crippen molar-refractivity contribution in [3.05, 3.63) is 62.5 Å². The van der Waals surface area contributed by atoms with Gasteiger partial charge in [-0.2, -0.15) is 0 Å². The summed E-state index contributed by atoms with van der Waals surface area (Å²) in [4.78, 5) is 12.8. The van der Waals surface area contributed by atoms with Crippen LogP contribution in [0.1, 0.15) is 10.4 Å². The number of hydrogen-bond donors (Lipinski definition) is 3. The number of methoxy groups -OCH3 is 1. The number of benzene rings is 3. The van der Waals surface area contributed by atoms with E-state index in [0.29, 0.717) is 20.8 Å². The number of rotatable bonds is 3. The molecule has 3 aromatic rings. The Balaban J connectivity index is 1.88. The number of ether oxygens (including phenoxy) is 1. The van der Waals surface area contributed by atoms with Crippen LogP contribution in [0.5, 0.6) is 11.5 Å². The molecule has 0 radical (unpaired) electrons. The van der Waals surface area contributed by atoms with Gasteiger partial charge in [-0.1, -0.05) is 47.5 Å². The van der Waals surface area contributed by atoms with Crippen molar-refractivity contribution < 1.29 is 14.6 Å². The predicted molar refractivity (Wildman–Crippen MR) is 120 cm³/mol. The first-order chi connectivity index (χ1) is 13.3. The highest BCUT2D eigenvalue weighted by molar-refractivity contribution is 9.10. The zero-order valence-electron chi connectivity index (χ0n) is 14.3. The van der Waals surface area contributed by atoms with E-state index in [4.69, 9.17) is 40.2 Å². The molecule has 0 saturated heterocycles. The number of nitrogens with one attached hydrogen (secondary N) is 2. The molecule has 0 unspecified atom stereocenters.